The maximum absolute atomic E-state index is 2.42. The molecule has 0 aliphatic heterocycles. The van der Waals surface area contributed by atoms with Crippen LogP contribution in [0.1, 0.15) is 0 Å². The number of thiophene rings is 1. The Kier molecular flexibility index (Phi) is 9.75. The van der Waals surface area contributed by atoms with E-state index in [1.54, 1.807) is 0 Å². The van der Waals surface area contributed by atoms with Crippen molar-refractivity contribution in [2.75, 3.05) is 4.90 Å². The lowest BCUT2D eigenvalue weighted by Crippen LogP contribution is -2.09. The van der Waals surface area contributed by atoms with Crippen molar-refractivity contribution in [3.63, 3.8) is 0 Å². The predicted octanol–water partition coefficient (Wildman–Crippen LogP) is 19.6. The van der Waals surface area contributed by atoms with Gasteiger partial charge in [-0.05, 0) is 127 Å². The zero-order chi connectivity index (χ0) is 46.8. The van der Waals surface area contributed by atoms with Crippen molar-refractivity contribution < 1.29 is 0 Å². The molecule has 0 spiro atoms. The third-order valence-electron chi connectivity index (χ3n) is 14.4. The maximum Gasteiger partial charge on any atom is 0.0541 e. The molecule has 0 N–H and O–H groups in total. The molecule has 0 aliphatic rings. The molecule has 3 heteroatoms. The maximum atomic E-state index is 2.42. The number of rotatable bonds is 8. The molecule has 0 saturated heterocycles. The van der Waals surface area contributed by atoms with E-state index < -0.39 is 0 Å². The van der Waals surface area contributed by atoms with E-state index in [0.717, 1.165) is 28.3 Å². The minimum Gasteiger partial charge on any atom is -0.311 e. The van der Waals surface area contributed by atoms with Crippen LogP contribution in [0.25, 0.3) is 114 Å². The summed E-state index contributed by atoms with van der Waals surface area (Å²) in [6.07, 6.45) is 0. The molecule has 2 nitrogen and oxygen atoms in total. The van der Waals surface area contributed by atoms with Gasteiger partial charge < -0.3 is 9.47 Å². The van der Waals surface area contributed by atoms with Crippen molar-refractivity contribution in [1.82, 2.24) is 4.57 Å². The number of anilines is 3. The van der Waals surface area contributed by atoms with E-state index in [4.69, 9.17) is 0 Å². The highest BCUT2D eigenvalue weighted by molar-refractivity contribution is 7.26. The van der Waals surface area contributed by atoms with Crippen LogP contribution in [0, 0.1) is 0 Å². The van der Waals surface area contributed by atoms with Gasteiger partial charge in [0.15, 0.2) is 0 Å². The summed E-state index contributed by atoms with van der Waals surface area (Å²) in [5, 5.41) is 10.3. The standard InChI is InChI=1S/C68H44N2S/c1-2-13-52-43-53(26-25-45(52)11-1)48-23-21-46(22-24-48)47-27-35-55(36-28-47)69(56-37-29-49(30-38-56)54-34-41-62-63-42-33-50-12-3-4-15-59(50)68(63)71-67(62)44-54)57-39-31-51(32-40-57)58-14-5-8-18-64(58)70-65-19-9-6-16-60(65)61-17-7-10-20-66(61)70/h1-44H. The molecule has 0 saturated carbocycles. The molecule has 0 aliphatic carbocycles. The molecule has 0 unspecified atom stereocenters. The van der Waals surface area contributed by atoms with Crippen LogP contribution >= 0.6 is 11.3 Å². The number of hydrogen-bond acceptors (Lipinski definition) is 2. The first kappa shape index (κ1) is 41.0. The first-order chi connectivity index (χ1) is 35.2. The van der Waals surface area contributed by atoms with E-state index in [1.807, 2.05) is 11.3 Å². The van der Waals surface area contributed by atoms with Gasteiger partial charge in [-0.3, -0.25) is 0 Å². The van der Waals surface area contributed by atoms with Crippen LogP contribution in [-0.2, 0) is 0 Å². The molecule has 0 fully saturated rings. The predicted molar refractivity (Wildman–Crippen MR) is 305 cm³/mol. The second kappa shape index (κ2) is 16.9. The van der Waals surface area contributed by atoms with Crippen molar-refractivity contribution >= 4 is 91.9 Å². The van der Waals surface area contributed by atoms with E-state index in [2.05, 4.69) is 276 Å². The monoisotopic (exact) mass is 920 g/mol. The minimum atomic E-state index is 1.09. The van der Waals surface area contributed by atoms with Gasteiger partial charge in [0.1, 0.15) is 0 Å². The van der Waals surface area contributed by atoms with Gasteiger partial charge in [0.2, 0.25) is 0 Å². The lowest BCUT2D eigenvalue weighted by molar-refractivity contribution is 1.18. The second-order valence-corrected chi connectivity index (χ2v) is 19.5. The Morgan fingerprint density at radius 1 is 0.282 bits per heavy atom. The van der Waals surface area contributed by atoms with Crippen molar-refractivity contribution in [2.24, 2.45) is 0 Å². The topological polar surface area (TPSA) is 8.17 Å². The van der Waals surface area contributed by atoms with Crippen LogP contribution < -0.4 is 4.90 Å². The second-order valence-electron chi connectivity index (χ2n) is 18.5. The fourth-order valence-electron chi connectivity index (χ4n) is 10.8. The summed E-state index contributed by atoms with van der Waals surface area (Å²) in [6, 6.07) is 97.8. The van der Waals surface area contributed by atoms with E-state index in [-0.39, 0.29) is 0 Å². The van der Waals surface area contributed by atoms with Gasteiger partial charge in [-0.2, -0.15) is 0 Å². The van der Waals surface area contributed by atoms with Gasteiger partial charge in [-0.15, -0.1) is 11.3 Å². The molecular formula is C68H44N2S. The van der Waals surface area contributed by atoms with E-state index >= 15 is 0 Å². The van der Waals surface area contributed by atoms with Crippen molar-refractivity contribution in [1.29, 1.82) is 0 Å². The number of benzene rings is 12. The summed E-state index contributed by atoms with van der Waals surface area (Å²) < 4.78 is 5.08. The van der Waals surface area contributed by atoms with Crippen molar-refractivity contribution in [3.8, 4) is 50.2 Å². The molecule has 14 aromatic rings. The highest BCUT2D eigenvalue weighted by Crippen LogP contribution is 2.43. The summed E-state index contributed by atoms with van der Waals surface area (Å²) in [4.78, 5) is 2.37. The van der Waals surface area contributed by atoms with Gasteiger partial charge in [0.05, 0.1) is 16.7 Å². The Balaban J connectivity index is 0.825. The lowest BCUT2D eigenvalue weighted by atomic mass is 9.98. The summed E-state index contributed by atoms with van der Waals surface area (Å²) >= 11 is 1.89. The van der Waals surface area contributed by atoms with Crippen LogP contribution in [0.4, 0.5) is 17.1 Å². The van der Waals surface area contributed by atoms with Crippen LogP contribution in [0.15, 0.2) is 267 Å². The van der Waals surface area contributed by atoms with Crippen LogP contribution in [0.5, 0.6) is 0 Å². The van der Waals surface area contributed by atoms with Gasteiger partial charge >= 0.3 is 0 Å². The smallest absolute Gasteiger partial charge is 0.0541 e. The molecule has 12 aromatic carbocycles. The third kappa shape index (κ3) is 7.09. The molecule has 0 atom stereocenters. The van der Waals surface area contributed by atoms with Crippen molar-refractivity contribution in [3.05, 3.63) is 267 Å². The molecule has 2 heterocycles. The molecule has 14 rings (SSSR count). The van der Waals surface area contributed by atoms with Crippen molar-refractivity contribution in [2.45, 2.75) is 0 Å². The SMILES string of the molecule is c1ccc(-n2c3ccccc3c3ccccc32)c(-c2ccc(N(c3ccc(-c4ccc(-c5ccc6ccccc6c5)cc4)cc3)c3ccc(-c4ccc5c(c4)sc4c6ccccc6ccc54)cc3)cc2)c1. The normalized spacial score (nSPS) is 11.7. The largest absolute Gasteiger partial charge is 0.311 e. The Labute approximate surface area is 416 Å². The fourth-order valence-corrected chi connectivity index (χ4v) is 12.1. The first-order valence-corrected chi connectivity index (χ1v) is 25.1. The van der Waals surface area contributed by atoms with Crippen LogP contribution in [0.3, 0.4) is 0 Å². The highest BCUT2D eigenvalue weighted by Gasteiger charge is 2.18. The first-order valence-electron chi connectivity index (χ1n) is 24.3. The van der Waals surface area contributed by atoms with E-state index in [9.17, 15) is 0 Å². The Bertz CT molecular complexity index is 4260. The number of hydrogen-bond donors (Lipinski definition) is 0. The highest BCUT2D eigenvalue weighted by atomic mass is 32.1. The van der Waals surface area contributed by atoms with E-state index in [0.29, 0.717) is 0 Å². The molecule has 0 radical (unpaired) electrons. The van der Waals surface area contributed by atoms with Gasteiger partial charge in [-0.25, -0.2) is 0 Å². The Morgan fingerprint density at radius 3 is 1.37 bits per heavy atom. The number of para-hydroxylation sites is 3. The number of fused-ring (bicyclic) bond motifs is 9. The fraction of sp³-hybridized carbons (Fsp3) is 0. The van der Waals surface area contributed by atoms with Gasteiger partial charge in [0.25, 0.3) is 0 Å². The molecule has 2 aromatic heterocycles. The van der Waals surface area contributed by atoms with E-state index in [1.165, 1.54) is 102 Å². The van der Waals surface area contributed by atoms with Gasteiger partial charge in [0, 0.05) is 53.6 Å². The van der Waals surface area contributed by atoms with Crippen LogP contribution in [-0.4, -0.2) is 4.57 Å². The average molecular weight is 921 g/mol. The molecule has 332 valence electrons. The zero-order valence-corrected chi connectivity index (χ0v) is 39.5. The number of aromatic nitrogens is 1. The van der Waals surface area contributed by atoms with Gasteiger partial charge in [-0.1, -0.05) is 200 Å². The molecule has 0 bridgehead atoms. The summed E-state index contributed by atoms with van der Waals surface area (Å²) in [6.45, 7) is 0. The molecule has 71 heavy (non-hydrogen) atoms. The third-order valence-corrected chi connectivity index (χ3v) is 15.6. The number of nitrogens with zero attached hydrogens (tertiary/aromatic N) is 2. The Hall–Kier alpha value is -9.02. The summed E-state index contributed by atoms with van der Waals surface area (Å²) in [7, 11) is 0. The minimum absolute atomic E-state index is 1.09. The lowest BCUT2D eigenvalue weighted by Gasteiger charge is -2.26. The van der Waals surface area contributed by atoms with Crippen LogP contribution in [0.2, 0.25) is 0 Å². The summed E-state index contributed by atoms with van der Waals surface area (Å²) in [5.41, 5.74) is 16.4. The summed E-state index contributed by atoms with van der Waals surface area (Å²) in [5.74, 6) is 0. The Morgan fingerprint density at radius 2 is 0.718 bits per heavy atom. The molecule has 0 amide bonds. The molecular weight excluding hydrogens is 877 g/mol. The zero-order valence-electron chi connectivity index (χ0n) is 38.7. The quantitative estimate of drug-likeness (QED) is 0.147. The average Bonchev–Trinajstić information content (AvgIpc) is 3.99.